The van der Waals surface area contributed by atoms with Crippen molar-refractivity contribution in [2.75, 3.05) is 13.7 Å². The molecule has 124 valence electrons. The summed E-state index contributed by atoms with van der Waals surface area (Å²) in [6.45, 7) is -3.05. The van der Waals surface area contributed by atoms with Crippen LogP contribution in [0.2, 0.25) is 10.0 Å². The average molecular weight is 364 g/mol. The van der Waals surface area contributed by atoms with E-state index in [2.05, 4.69) is 4.98 Å². The minimum Gasteiger partial charge on any atom is -0.482 e. The van der Waals surface area contributed by atoms with Gasteiger partial charge in [0.25, 0.3) is 5.91 Å². The smallest absolute Gasteiger partial charge is 0.319 e. The van der Waals surface area contributed by atoms with Gasteiger partial charge in [-0.1, -0.05) is 23.2 Å². The molecule has 0 aliphatic heterocycles. The van der Waals surface area contributed by atoms with E-state index >= 15 is 0 Å². The second-order valence-electron chi connectivity index (χ2n) is 4.64. The highest BCUT2D eigenvalue weighted by molar-refractivity contribution is 6.35. The summed E-state index contributed by atoms with van der Waals surface area (Å²) in [5.41, 5.74) is 0. The van der Waals surface area contributed by atoms with Crippen molar-refractivity contribution in [3.8, 4) is 5.75 Å². The van der Waals surface area contributed by atoms with Crippen LogP contribution >= 0.6 is 23.2 Å². The van der Waals surface area contributed by atoms with E-state index in [4.69, 9.17) is 27.9 Å². The first kappa shape index (κ1) is 17.5. The first-order chi connectivity index (χ1) is 10.9. The Balaban J connectivity index is 1.93. The lowest BCUT2D eigenvalue weighted by Crippen LogP contribution is -2.32. The van der Waals surface area contributed by atoms with Crippen LogP contribution in [0.1, 0.15) is 12.4 Å². The van der Waals surface area contributed by atoms with Crippen LogP contribution in [-0.4, -0.2) is 34.0 Å². The predicted molar refractivity (Wildman–Crippen MR) is 81.9 cm³/mol. The van der Waals surface area contributed by atoms with Crippen LogP contribution < -0.4 is 4.74 Å². The quantitative estimate of drug-likeness (QED) is 0.787. The lowest BCUT2D eigenvalue weighted by Gasteiger charge is -2.18. The van der Waals surface area contributed by atoms with E-state index in [-0.39, 0.29) is 24.0 Å². The van der Waals surface area contributed by atoms with Crippen molar-refractivity contribution in [2.24, 2.45) is 0 Å². The number of halogens is 4. The number of alkyl halides is 2. The lowest BCUT2D eigenvalue weighted by atomic mass is 10.3. The molecule has 5 nitrogen and oxygen atoms in total. The summed E-state index contributed by atoms with van der Waals surface area (Å²) in [6.07, 6.45) is 2.41. The molecule has 0 unspecified atom stereocenters. The van der Waals surface area contributed by atoms with Crippen molar-refractivity contribution in [3.05, 3.63) is 46.5 Å². The largest absolute Gasteiger partial charge is 0.482 e. The maximum Gasteiger partial charge on any atom is 0.319 e. The number of nitrogens with zero attached hydrogens (tertiary/aromatic N) is 3. The van der Waals surface area contributed by atoms with Gasteiger partial charge in [-0.3, -0.25) is 9.36 Å². The van der Waals surface area contributed by atoms with Gasteiger partial charge in [0.15, 0.2) is 6.61 Å². The van der Waals surface area contributed by atoms with Crippen LogP contribution in [0.4, 0.5) is 8.78 Å². The fraction of sp³-hybridized carbons (Fsp3) is 0.286. The fourth-order valence-electron chi connectivity index (χ4n) is 1.79. The molecule has 0 spiro atoms. The number of carbonyl (C=O) groups is 1. The Morgan fingerprint density at radius 2 is 2.17 bits per heavy atom. The van der Waals surface area contributed by atoms with E-state index in [0.717, 1.165) is 6.20 Å². The number of carbonyl (C=O) groups excluding carboxylic acids is 1. The minimum absolute atomic E-state index is 0.0616. The standard InChI is InChI=1S/C14H13Cl2F2N3O2/c1-20(7-12-19-4-5-21(12)14(17)18)13(22)8-23-11-3-2-9(15)6-10(11)16/h2-6,14H,7-8H2,1H3. The number of rotatable bonds is 6. The van der Waals surface area contributed by atoms with Crippen LogP contribution in [0, 0.1) is 0 Å². The zero-order valence-corrected chi connectivity index (χ0v) is 13.6. The van der Waals surface area contributed by atoms with Crippen molar-refractivity contribution >= 4 is 29.1 Å². The monoisotopic (exact) mass is 363 g/mol. The molecule has 0 atom stereocenters. The number of benzene rings is 1. The molecule has 0 saturated carbocycles. The number of amides is 1. The molecule has 23 heavy (non-hydrogen) atoms. The molecule has 2 aromatic rings. The van der Waals surface area contributed by atoms with Gasteiger partial charge >= 0.3 is 6.55 Å². The van der Waals surface area contributed by atoms with Crippen LogP contribution in [-0.2, 0) is 11.3 Å². The molecule has 0 aliphatic rings. The molecule has 0 radical (unpaired) electrons. The van der Waals surface area contributed by atoms with Gasteiger partial charge in [-0.25, -0.2) is 4.98 Å². The molecule has 9 heteroatoms. The molecule has 0 bridgehead atoms. The molecule has 1 aromatic heterocycles. The van der Waals surface area contributed by atoms with E-state index < -0.39 is 12.5 Å². The number of hydrogen-bond donors (Lipinski definition) is 0. The SMILES string of the molecule is CN(Cc1nccn1C(F)F)C(=O)COc1ccc(Cl)cc1Cl. The van der Waals surface area contributed by atoms with Crippen molar-refractivity contribution in [1.29, 1.82) is 0 Å². The maximum absolute atomic E-state index is 12.7. The van der Waals surface area contributed by atoms with Gasteiger partial charge in [-0.15, -0.1) is 0 Å². The summed E-state index contributed by atoms with van der Waals surface area (Å²) in [4.78, 5) is 17.1. The summed E-state index contributed by atoms with van der Waals surface area (Å²) in [5.74, 6) is -0.00731. The van der Waals surface area contributed by atoms with E-state index in [0.29, 0.717) is 15.3 Å². The lowest BCUT2D eigenvalue weighted by molar-refractivity contribution is -0.132. The molecule has 0 aliphatic carbocycles. The van der Waals surface area contributed by atoms with Crippen molar-refractivity contribution in [2.45, 2.75) is 13.1 Å². The summed E-state index contributed by atoms with van der Waals surface area (Å²) in [5, 5.41) is 0.728. The molecular weight excluding hydrogens is 351 g/mol. The number of likely N-dealkylation sites (N-methyl/N-ethyl adjacent to an activating group) is 1. The Morgan fingerprint density at radius 1 is 1.43 bits per heavy atom. The van der Waals surface area contributed by atoms with E-state index in [1.165, 1.54) is 24.2 Å². The van der Waals surface area contributed by atoms with Crippen LogP contribution in [0.25, 0.3) is 0 Å². The van der Waals surface area contributed by atoms with Crippen molar-refractivity contribution in [3.63, 3.8) is 0 Å². The molecule has 2 rings (SSSR count). The number of imidazole rings is 1. The Kier molecular flexibility index (Phi) is 5.79. The van der Waals surface area contributed by atoms with E-state index in [9.17, 15) is 13.6 Å². The maximum atomic E-state index is 12.7. The Labute approximate surface area is 141 Å². The van der Waals surface area contributed by atoms with Crippen molar-refractivity contribution in [1.82, 2.24) is 14.5 Å². The molecule has 1 heterocycles. The van der Waals surface area contributed by atoms with Gasteiger partial charge in [0.1, 0.15) is 11.6 Å². The molecule has 0 saturated heterocycles. The average Bonchev–Trinajstić information content (AvgIpc) is 2.94. The number of hydrogen-bond acceptors (Lipinski definition) is 3. The van der Waals surface area contributed by atoms with Crippen LogP contribution in [0.15, 0.2) is 30.6 Å². The van der Waals surface area contributed by atoms with Gasteiger partial charge in [-0.05, 0) is 18.2 Å². The van der Waals surface area contributed by atoms with Crippen LogP contribution in [0.3, 0.4) is 0 Å². The minimum atomic E-state index is -2.71. The Morgan fingerprint density at radius 3 is 2.83 bits per heavy atom. The summed E-state index contributed by atoms with van der Waals surface area (Å²) >= 11 is 11.7. The first-order valence-electron chi connectivity index (χ1n) is 6.50. The molecule has 1 amide bonds. The number of aromatic nitrogens is 2. The second-order valence-corrected chi connectivity index (χ2v) is 5.49. The van der Waals surface area contributed by atoms with Gasteiger partial charge in [0.05, 0.1) is 11.6 Å². The number of ether oxygens (including phenoxy) is 1. The van der Waals surface area contributed by atoms with Gasteiger partial charge < -0.3 is 9.64 Å². The summed E-state index contributed by atoms with van der Waals surface area (Å²) in [7, 11) is 1.47. The zero-order valence-electron chi connectivity index (χ0n) is 12.0. The third-order valence-electron chi connectivity index (χ3n) is 3.01. The van der Waals surface area contributed by atoms with Crippen LogP contribution in [0.5, 0.6) is 5.75 Å². The van der Waals surface area contributed by atoms with Gasteiger partial charge in [0.2, 0.25) is 0 Å². The highest BCUT2D eigenvalue weighted by Crippen LogP contribution is 2.27. The van der Waals surface area contributed by atoms with E-state index in [1.807, 2.05) is 0 Å². The third-order valence-corrected chi connectivity index (χ3v) is 3.54. The highest BCUT2D eigenvalue weighted by Gasteiger charge is 2.17. The second kappa shape index (κ2) is 7.61. The molecular formula is C14H13Cl2F2N3O2. The van der Waals surface area contributed by atoms with Gasteiger partial charge in [0, 0.05) is 24.5 Å². The Bertz CT molecular complexity index is 694. The summed E-state index contributed by atoms with van der Waals surface area (Å²) < 4.78 is 31.5. The topological polar surface area (TPSA) is 47.4 Å². The highest BCUT2D eigenvalue weighted by atomic mass is 35.5. The van der Waals surface area contributed by atoms with E-state index in [1.54, 1.807) is 12.1 Å². The zero-order chi connectivity index (χ0) is 17.0. The molecule has 0 N–H and O–H groups in total. The normalized spacial score (nSPS) is 10.9. The van der Waals surface area contributed by atoms with Gasteiger partial charge in [-0.2, -0.15) is 8.78 Å². The van der Waals surface area contributed by atoms with Crippen molar-refractivity contribution < 1.29 is 18.3 Å². The Hall–Kier alpha value is -1.86. The molecule has 0 fully saturated rings. The molecule has 1 aromatic carbocycles. The predicted octanol–water partition coefficient (Wildman–Crippen LogP) is 3.62. The summed E-state index contributed by atoms with van der Waals surface area (Å²) in [6, 6.07) is 4.62. The fourth-order valence-corrected chi connectivity index (χ4v) is 2.25. The third kappa shape index (κ3) is 4.56. The first-order valence-corrected chi connectivity index (χ1v) is 7.25.